The molecular weight excluding hydrogens is 254 g/mol. The summed E-state index contributed by atoms with van der Waals surface area (Å²) < 4.78 is 0. The largest absolute Gasteiger partial charge is 0.508 e. The Bertz CT molecular complexity index is 421. The third-order valence-electron chi connectivity index (χ3n) is 2.62. The maximum atomic E-state index is 11.9. The summed E-state index contributed by atoms with van der Waals surface area (Å²) in [6.45, 7) is 1.73. The molecular formula is C12H17NO4S. The van der Waals surface area contributed by atoms with Crippen LogP contribution in [0.2, 0.25) is 0 Å². The maximum Gasteiger partial charge on any atom is 0.255 e. The molecule has 2 atom stereocenters. The van der Waals surface area contributed by atoms with Gasteiger partial charge in [0.1, 0.15) is 11.5 Å². The fraction of sp³-hybridized carbons (Fsp3) is 0.417. The van der Waals surface area contributed by atoms with E-state index in [1.54, 1.807) is 6.92 Å². The number of aliphatic hydroxyl groups excluding tert-OH is 1. The van der Waals surface area contributed by atoms with Crippen molar-refractivity contribution in [3.05, 3.63) is 23.8 Å². The summed E-state index contributed by atoms with van der Waals surface area (Å²) in [6.07, 6.45) is 1.84. The van der Waals surface area contributed by atoms with Crippen molar-refractivity contribution in [3.63, 3.8) is 0 Å². The van der Waals surface area contributed by atoms with E-state index in [-0.39, 0.29) is 35.0 Å². The van der Waals surface area contributed by atoms with Crippen molar-refractivity contribution in [1.29, 1.82) is 0 Å². The van der Waals surface area contributed by atoms with E-state index >= 15 is 0 Å². The third kappa shape index (κ3) is 3.54. The minimum absolute atomic E-state index is 0.0136. The minimum Gasteiger partial charge on any atom is -0.508 e. The van der Waals surface area contributed by atoms with Crippen LogP contribution in [0, 0.1) is 0 Å². The van der Waals surface area contributed by atoms with Gasteiger partial charge in [0, 0.05) is 11.3 Å². The molecule has 0 aliphatic carbocycles. The monoisotopic (exact) mass is 271 g/mol. The highest BCUT2D eigenvalue weighted by Gasteiger charge is 2.20. The highest BCUT2D eigenvalue weighted by atomic mass is 32.2. The molecule has 0 saturated carbocycles. The summed E-state index contributed by atoms with van der Waals surface area (Å²) >= 11 is 1.45. The van der Waals surface area contributed by atoms with Crippen molar-refractivity contribution < 1.29 is 20.1 Å². The summed E-state index contributed by atoms with van der Waals surface area (Å²) in [5.41, 5.74) is 0.0136. The average molecular weight is 271 g/mol. The Morgan fingerprint density at radius 1 is 1.44 bits per heavy atom. The zero-order valence-electron chi connectivity index (χ0n) is 10.3. The summed E-state index contributed by atoms with van der Waals surface area (Å²) in [7, 11) is 0. The molecule has 100 valence electrons. The number of aliphatic hydroxyl groups is 1. The van der Waals surface area contributed by atoms with E-state index in [1.807, 2.05) is 6.26 Å². The molecule has 0 heterocycles. The molecule has 1 aromatic carbocycles. The highest BCUT2D eigenvalue weighted by molar-refractivity contribution is 7.99. The summed E-state index contributed by atoms with van der Waals surface area (Å²) in [4.78, 5) is 11.9. The topological polar surface area (TPSA) is 89.8 Å². The number of thioether (sulfide) groups is 1. The number of hydrogen-bond acceptors (Lipinski definition) is 5. The Hall–Kier alpha value is -1.40. The maximum absolute atomic E-state index is 11.9. The molecule has 0 aromatic heterocycles. The Balaban J connectivity index is 2.79. The van der Waals surface area contributed by atoms with Crippen LogP contribution in [-0.4, -0.2) is 45.4 Å². The molecule has 18 heavy (non-hydrogen) atoms. The number of phenolic OH excluding ortho intramolecular Hbond substituents is 2. The van der Waals surface area contributed by atoms with Crippen molar-refractivity contribution in [2.24, 2.45) is 0 Å². The number of phenols is 2. The molecule has 2 unspecified atom stereocenters. The van der Waals surface area contributed by atoms with Crippen molar-refractivity contribution in [1.82, 2.24) is 5.32 Å². The van der Waals surface area contributed by atoms with Gasteiger partial charge in [0.15, 0.2) is 0 Å². The lowest BCUT2D eigenvalue weighted by Crippen LogP contribution is -2.41. The second kappa shape index (κ2) is 6.51. The lowest BCUT2D eigenvalue weighted by molar-refractivity contribution is 0.0933. The normalized spacial score (nSPS) is 13.9. The molecule has 0 aliphatic heterocycles. The molecule has 0 bridgehead atoms. The first-order valence-corrected chi connectivity index (χ1v) is 6.75. The van der Waals surface area contributed by atoms with E-state index in [0.717, 1.165) is 0 Å². The minimum atomic E-state index is -0.483. The first-order chi connectivity index (χ1) is 8.49. The number of carbonyl (C=O) groups is 1. The predicted molar refractivity (Wildman–Crippen MR) is 71.1 cm³/mol. The van der Waals surface area contributed by atoms with E-state index in [0.29, 0.717) is 0 Å². The SMILES string of the molecule is CSC(CO)C(C)NC(=O)c1cc(O)ccc1O. The first kappa shape index (κ1) is 14.7. The van der Waals surface area contributed by atoms with Gasteiger partial charge < -0.3 is 20.6 Å². The van der Waals surface area contributed by atoms with Crippen LogP contribution in [0.3, 0.4) is 0 Å². The average Bonchev–Trinajstić information content (AvgIpc) is 2.33. The number of benzene rings is 1. The van der Waals surface area contributed by atoms with Crippen LogP contribution in [0.25, 0.3) is 0 Å². The Morgan fingerprint density at radius 2 is 2.11 bits per heavy atom. The van der Waals surface area contributed by atoms with Crippen molar-refractivity contribution in [3.8, 4) is 11.5 Å². The zero-order chi connectivity index (χ0) is 13.7. The fourth-order valence-corrected chi connectivity index (χ4v) is 2.15. The second-order valence-corrected chi connectivity index (χ2v) is 5.00. The van der Waals surface area contributed by atoms with Gasteiger partial charge in [-0.15, -0.1) is 0 Å². The number of amides is 1. The van der Waals surface area contributed by atoms with Gasteiger partial charge in [0.25, 0.3) is 5.91 Å². The number of rotatable bonds is 5. The molecule has 0 radical (unpaired) electrons. The predicted octanol–water partition coefficient (Wildman–Crippen LogP) is 0.940. The zero-order valence-corrected chi connectivity index (χ0v) is 11.1. The quantitative estimate of drug-likeness (QED) is 0.598. The lowest BCUT2D eigenvalue weighted by Gasteiger charge is -2.21. The van der Waals surface area contributed by atoms with E-state index in [4.69, 9.17) is 5.11 Å². The fourth-order valence-electron chi connectivity index (χ4n) is 1.52. The Labute approximate surface area is 110 Å². The van der Waals surface area contributed by atoms with Crippen LogP contribution in [0.5, 0.6) is 11.5 Å². The summed E-state index contributed by atoms with van der Waals surface area (Å²) in [6, 6.07) is 3.50. The van der Waals surface area contributed by atoms with Gasteiger partial charge in [-0.2, -0.15) is 11.8 Å². The molecule has 1 amide bonds. The first-order valence-electron chi connectivity index (χ1n) is 5.46. The van der Waals surface area contributed by atoms with Crippen molar-refractivity contribution >= 4 is 17.7 Å². The van der Waals surface area contributed by atoms with Crippen LogP contribution >= 0.6 is 11.8 Å². The second-order valence-electron chi connectivity index (χ2n) is 3.92. The van der Waals surface area contributed by atoms with E-state index in [1.165, 1.54) is 30.0 Å². The van der Waals surface area contributed by atoms with Crippen LogP contribution in [0.15, 0.2) is 18.2 Å². The summed E-state index contributed by atoms with van der Waals surface area (Å²) in [5, 5.41) is 30.5. The van der Waals surface area contributed by atoms with Gasteiger partial charge in [0.2, 0.25) is 0 Å². The van der Waals surface area contributed by atoms with Gasteiger partial charge in [0.05, 0.1) is 12.2 Å². The molecule has 0 fully saturated rings. The van der Waals surface area contributed by atoms with Crippen LogP contribution in [0.4, 0.5) is 0 Å². The van der Waals surface area contributed by atoms with E-state index in [2.05, 4.69) is 5.32 Å². The van der Waals surface area contributed by atoms with Gasteiger partial charge in [-0.05, 0) is 31.4 Å². The van der Waals surface area contributed by atoms with Crippen LogP contribution < -0.4 is 5.32 Å². The number of nitrogens with one attached hydrogen (secondary N) is 1. The lowest BCUT2D eigenvalue weighted by atomic mass is 10.1. The summed E-state index contributed by atoms with van der Waals surface area (Å²) in [5.74, 6) is -0.764. The van der Waals surface area contributed by atoms with Crippen molar-refractivity contribution in [2.75, 3.05) is 12.9 Å². The van der Waals surface area contributed by atoms with Gasteiger partial charge >= 0.3 is 0 Å². The Morgan fingerprint density at radius 3 is 2.67 bits per heavy atom. The Kier molecular flexibility index (Phi) is 5.30. The van der Waals surface area contributed by atoms with E-state index < -0.39 is 5.91 Å². The number of hydrogen-bond donors (Lipinski definition) is 4. The number of carbonyl (C=O) groups excluding carboxylic acids is 1. The van der Waals surface area contributed by atoms with Gasteiger partial charge in [-0.1, -0.05) is 0 Å². The van der Waals surface area contributed by atoms with Crippen molar-refractivity contribution in [2.45, 2.75) is 18.2 Å². The molecule has 0 aliphatic rings. The number of aromatic hydroxyl groups is 2. The van der Waals surface area contributed by atoms with E-state index in [9.17, 15) is 15.0 Å². The molecule has 1 aromatic rings. The van der Waals surface area contributed by atoms with Crippen LogP contribution in [0.1, 0.15) is 17.3 Å². The standard InChI is InChI=1S/C12H17NO4S/c1-7(11(6-14)18-2)13-12(17)9-5-8(15)3-4-10(9)16/h3-5,7,11,14-16H,6H2,1-2H3,(H,13,17). The van der Waals surface area contributed by atoms with Gasteiger partial charge in [-0.25, -0.2) is 0 Å². The van der Waals surface area contributed by atoms with Crippen LogP contribution in [-0.2, 0) is 0 Å². The molecule has 0 spiro atoms. The molecule has 5 nitrogen and oxygen atoms in total. The smallest absolute Gasteiger partial charge is 0.255 e. The molecule has 1 rings (SSSR count). The highest BCUT2D eigenvalue weighted by Crippen LogP contribution is 2.22. The molecule has 6 heteroatoms. The third-order valence-corrected chi connectivity index (χ3v) is 3.79. The molecule has 4 N–H and O–H groups in total. The van der Waals surface area contributed by atoms with Gasteiger partial charge in [-0.3, -0.25) is 4.79 Å². The molecule has 0 saturated heterocycles.